The Balaban J connectivity index is 1.83. The van der Waals surface area contributed by atoms with E-state index in [0.29, 0.717) is 13.0 Å². The summed E-state index contributed by atoms with van der Waals surface area (Å²) in [6.07, 6.45) is 1.21. The summed E-state index contributed by atoms with van der Waals surface area (Å²) in [5, 5.41) is 0. The Bertz CT molecular complexity index is 712. The number of likely N-dealkylation sites (N-methyl/N-ethyl adjacent to an activating group) is 1. The van der Waals surface area contributed by atoms with Gasteiger partial charge in [0.1, 0.15) is 6.54 Å². The van der Waals surface area contributed by atoms with Crippen LogP contribution in [0.4, 0.5) is 11.4 Å². The molecule has 4 heteroatoms. The summed E-state index contributed by atoms with van der Waals surface area (Å²) in [6.45, 7) is 2.60. The molecule has 1 aliphatic heterocycles. The van der Waals surface area contributed by atoms with Crippen molar-refractivity contribution >= 4 is 23.2 Å². The van der Waals surface area contributed by atoms with Gasteiger partial charge in [-0.2, -0.15) is 0 Å². The lowest BCUT2D eigenvalue weighted by Crippen LogP contribution is -2.45. The third-order valence-corrected chi connectivity index (χ3v) is 4.17. The minimum atomic E-state index is -0.0660. The number of rotatable bonds is 4. The van der Waals surface area contributed by atoms with Crippen LogP contribution in [0, 0.1) is 0 Å². The zero-order valence-electron chi connectivity index (χ0n) is 13.2. The van der Waals surface area contributed by atoms with E-state index in [1.165, 1.54) is 0 Å². The van der Waals surface area contributed by atoms with Gasteiger partial charge in [-0.25, -0.2) is 0 Å². The van der Waals surface area contributed by atoms with Gasteiger partial charge in [-0.1, -0.05) is 36.4 Å². The van der Waals surface area contributed by atoms with E-state index in [0.717, 1.165) is 23.4 Å². The maximum Gasteiger partial charge on any atom is 0.247 e. The summed E-state index contributed by atoms with van der Waals surface area (Å²) < 4.78 is 0. The summed E-state index contributed by atoms with van der Waals surface area (Å²) in [4.78, 5) is 28.4. The highest BCUT2D eigenvalue weighted by Gasteiger charge is 2.27. The van der Waals surface area contributed by atoms with Gasteiger partial charge >= 0.3 is 0 Å². The van der Waals surface area contributed by atoms with Crippen molar-refractivity contribution in [3.63, 3.8) is 0 Å². The molecule has 0 fully saturated rings. The molecular formula is C19H20N2O2. The fraction of sp³-hybridized carbons (Fsp3) is 0.263. The Morgan fingerprint density at radius 2 is 1.74 bits per heavy atom. The minimum absolute atomic E-state index is 0.0150. The number of amides is 2. The summed E-state index contributed by atoms with van der Waals surface area (Å²) in [7, 11) is 0. The van der Waals surface area contributed by atoms with Crippen molar-refractivity contribution in [2.75, 3.05) is 22.9 Å². The molecule has 4 nitrogen and oxygen atoms in total. The predicted octanol–water partition coefficient (Wildman–Crippen LogP) is 3.02. The number of para-hydroxylation sites is 2. The van der Waals surface area contributed by atoms with Crippen LogP contribution in [-0.2, 0) is 16.0 Å². The van der Waals surface area contributed by atoms with Gasteiger partial charge in [-0.3, -0.25) is 9.59 Å². The van der Waals surface area contributed by atoms with Crippen molar-refractivity contribution in [2.24, 2.45) is 0 Å². The van der Waals surface area contributed by atoms with Crippen LogP contribution in [0.5, 0.6) is 0 Å². The number of carbonyl (C=O) groups is 2. The molecule has 2 aromatic carbocycles. The van der Waals surface area contributed by atoms with Crippen molar-refractivity contribution in [2.45, 2.75) is 19.8 Å². The number of aryl methyl sites for hydroxylation is 1. The molecule has 0 N–H and O–H groups in total. The van der Waals surface area contributed by atoms with Crippen LogP contribution in [0.25, 0.3) is 0 Å². The van der Waals surface area contributed by atoms with Crippen LogP contribution in [0.3, 0.4) is 0 Å². The summed E-state index contributed by atoms with van der Waals surface area (Å²) >= 11 is 0. The van der Waals surface area contributed by atoms with Gasteiger partial charge in [0.2, 0.25) is 11.8 Å². The topological polar surface area (TPSA) is 40.6 Å². The second kappa shape index (κ2) is 6.65. The lowest BCUT2D eigenvalue weighted by molar-refractivity contribution is -0.122. The Labute approximate surface area is 136 Å². The van der Waals surface area contributed by atoms with Crippen molar-refractivity contribution in [3.05, 3.63) is 60.2 Å². The van der Waals surface area contributed by atoms with Crippen LogP contribution >= 0.6 is 0 Å². The Morgan fingerprint density at radius 3 is 2.48 bits per heavy atom. The molecule has 0 aliphatic carbocycles. The number of nitrogens with zero attached hydrogens (tertiary/aromatic N) is 2. The molecule has 0 unspecified atom stereocenters. The first-order chi connectivity index (χ1) is 11.2. The van der Waals surface area contributed by atoms with Crippen LogP contribution in [0.15, 0.2) is 54.6 Å². The number of anilines is 2. The quantitative estimate of drug-likeness (QED) is 0.871. The number of hydrogen-bond donors (Lipinski definition) is 0. The van der Waals surface area contributed by atoms with Gasteiger partial charge < -0.3 is 9.80 Å². The van der Waals surface area contributed by atoms with E-state index in [1.807, 2.05) is 61.5 Å². The molecule has 2 amide bonds. The van der Waals surface area contributed by atoms with Crippen LogP contribution in [-0.4, -0.2) is 24.9 Å². The van der Waals surface area contributed by atoms with Gasteiger partial charge in [0, 0.05) is 24.3 Å². The molecule has 0 atom stereocenters. The van der Waals surface area contributed by atoms with E-state index in [1.54, 1.807) is 9.80 Å². The zero-order valence-corrected chi connectivity index (χ0v) is 13.2. The van der Waals surface area contributed by atoms with Crippen molar-refractivity contribution < 1.29 is 9.59 Å². The number of benzene rings is 2. The van der Waals surface area contributed by atoms with Crippen molar-refractivity contribution in [1.29, 1.82) is 0 Å². The highest BCUT2D eigenvalue weighted by molar-refractivity contribution is 6.05. The average Bonchev–Trinajstić information content (AvgIpc) is 2.59. The molecule has 0 radical (unpaired) electrons. The smallest absolute Gasteiger partial charge is 0.247 e. The molecule has 23 heavy (non-hydrogen) atoms. The summed E-state index contributed by atoms with van der Waals surface area (Å²) in [5.74, 6) is -0.0510. The van der Waals surface area contributed by atoms with Gasteiger partial charge in [0.05, 0.1) is 0 Å². The van der Waals surface area contributed by atoms with Gasteiger partial charge in [0.25, 0.3) is 0 Å². The monoisotopic (exact) mass is 308 g/mol. The Kier molecular flexibility index (Phi) is 4.42. The van der Waals surface area contributed by atoms with Crippen molar-refractivity contribution in [3.8, 4) is 0 Å². The molecule has 0 saturated heterocycles. The van der Waals surface area contributed by atoms with E-state index in [9.17, 15) is 9.59 Å². The van der Waals surface area contributed by atoms with E-state index < -0.39 is 0 Å². The number of carbonyl (C=O) groups excluding carboxylic acids is 2. The molecule has 1 heterocycles. The van der Waals surface area contributed by atoms with Gasteiger partial charge in [-0.05, 0) is 37.1 Å². The second-order valence-corrected chi connectivity index (χ2v) is 5.58. The highest BCUT2D eigenvalue weighted by Crippen LogP contribution is 2.27. The first kappa shape index (κ1) is 15.3. The molecule has 3 rings (SSSR count). The summed E-state index contributed by atoms with van der Waals surface area (Å²) in [6, 6.07) is 17.4. The average molecular weight is 308 g/mol. The van der Waals surface area contributed by atoms with E-state index in [-0.39, 0.29) is 18.4 Å². The molecule has 118 valence electrons. The third-order valence-electron chi connectivity index (χ3n) is 4.17. The number of fused-ring (bicyclic) bond motifs is 1. The second-order valence-electron chi connectivity index (χ2n) is 5.58. The minimum Gasteiger partial charge on any atom is -0.311 e. The molecule has 0 spiro atoms. The fourth-order valence-electron chi connectivity index (χ4n) is 3.00. The normalized spacial score (nSPS) is 13.6. The standard InChI is InChI=1S/C19H20N2O2/c1-2-20(16-9-4-3-5-10-16)19(23)14-21-17-11-7-6-8-15(17)12-13-18(21)22/h3-11H,2,12-14H2,1H3. The molecule has 1 aliphatic rings. The predicted molar refractivity (Wildman–Crippen MR) is 91.6 cm³/mol. The summed E-state index contributed by atoms with van der Waals surface area (Å²) in [5.41, 5.74) is 2.85. The third kappa shape index (κ3) is 3.11. The first-order valence-corrected chi connectivity index (χ1v) is 7.94. The number of hydrogen-bond acceptors (Lipinski definition) is 2. The molecule has 2 aromatic rings. The van der Waals surface area contributed by atoms with E-state index in [4.69, 9.17) is 0 Å². The first-order valence-electron chi connectivity index (χ1n) is 7.94. The Morgan fingerprint density at radius 1 is 1.04 bits per heavy atom. The maximum atomic E-state index is 12.7. The largest absolute Gasteiger partial charge is 0.311 e. The lowest BCUT2D eigenvalue weighted by Gasteiger charge is -2.31. The molecule has 0 bridgehead atoms. The van der Waals surface area contributed by atoms with Crippen LogP contribution < -0.4 is 9.80 Å². The SMILES string of the molecule is CCN(C(=O)CN1C(=O)CCc2ccccc21)c1ccccc1. The van der Waals surface area contributed by atoms with Crippen molar-refractivity contribution in [1.82, 2.24) is 0 Å². The van der Waals surface area contributed by atoms with E-state index in [2.05, 4.69) is 0 Å². The molecule has 0 saturated carbocycles. The molecule has 0 aromatic heterocycles. The molecular weight excluding hydrogens is 288 g/mol. The maximum absolute atomic E-state index is 12.7. The fourth-order valence-corrected chi connectivity index (χ4v) is 3.00. The van der Waals surface area contributed by atoms with Gasteiger partial charge in [0.15, 0.2) is 0 Å². The zero-order chi connectivity index (χ0) is 16.2. The van der Waals surface area contributed by atoms with E-state index >= 15 is 0 Å². The highest BCUT2D eigenvalue weighted by atomic mass is 16.2. The lowest BCUT2D eigenvalue weighted by atomic mass is 10.0. The van der Waals surface area contributed by atoms with Crippen LogP contribution in [0.2, 0.25) is 0 Å². The van der Waals surface area contributed by atoms with Gasteiger partial charge in [-0.15, -0.1) is 0 Å². The Hall–Kier alpha value is -2.62. The van der Waals surface area contributed by atoms with Crippen LogP contribution in [0.1, 0.15) is 18.9 Å².